The fraction of sp³-hybridized carbons (Fsp3) is 0.550. The summed E-state index contributed by atoms with van der Waals surface area (Å²) in [6.07, 6.45) is 0.992. The monoisotopic (exact) mass is 435 g/mol. The number of nitro benzene ring substituents is 1. The number of fused-ring (bicyclic) bond motifs is 1. The minimum Gasteiger partial charge on any atom is -0.486 e. The number of piperidine rings is 1. The van der Waals surface area contributed by atoms with E-state index in [1.54, 1.807) is 11.8 Å². The van der Waals surface area contributed by atoms with E-state index in [9.17, 15) is 24.5 Å². The molecule has 0 N–H and O–H groups in total. The first-order valence-corrected chi connectivity index (χ1v) is 10.1. The van der Waals surface area contributed by atoms with Gasteiger partial charge in [0.05, 0.1) is 30.1 Å². The number of ether oxygens (including phenoxy) is 3. The van der Waals surface area contributed by atoms with E-state index in [-0.39, 0.29) is 54.6 Å². The van der Waals surface area contributed by atoms with Crippen LogP contribution in [0, 0.1) is 16.0 Å². The molecule has 2 aliphatic heterocycles. The number of hydrogen-bond acceptors (Lipinski definition) is 8. The largest absolute Gasteiger partial charge is 0.486 e. The van der Waals surface area contributed by atoms with Crippen molar-refractivity contribution < 1.29 is 33.5 Å². The summed E-state index contributed by atoms with van der Waals surface area (Å²) in [5, 5.41) is 11.5. The highest BCUT2D eigenvalue weighted by molar-refractivity contribution is 6.00. The van der Waals surface area contributed by atoms with Gasteiger partial charge in [-0.15, -0.1) is 0 Å². The SMILES string of the molecule is CCOC(=O)C1CCN(C(=O)CN(C)C(=O)c2cc3c(cc2[N+](=O)[O-])OCCO3)CC1. The Morgan fingerprint density at radius 1 is 1.19 bits per heavy atom. The highest BCUT2D eigenvalue weighted by atomic mass is 16.6. The predicted octanol–water partition coefficient (Wildman–Crippen LogP) is 1.24. The number of rotatable bonds is 6. The molecule has 0 bridgehead atoms. The van der Waals surface area contributed by atoms with Crippen molar-refractivity contribution in [2.45, 2.75) is 19.8 Å². The van der Waals surface area contributed by atoms with Crippen LogP contribution in [0.15, 0.2) is 12.1 Å². The molecule has 0 unspecified atom stereocenters. The number of carbonyl (C=O) groups is 3. The Bertz CT molecular complexity index is 879. The molecule has 2 heterocycles. The molecule has 168 valence electrons. The molecular weight excluding hydrogens is 410 g/mol. The number of nitrogens with zero attached hydrogens (tertiary/aromatic N) is 3. The van der Waals surface area contributed by atoms with Crippen molar-refractivity contribution in [1.82, 2.24) is 9.80 Å². The van der Waals surface area contributed by atoms with Gasteiger partial charge in [0.2, 0.25) is 5.91 Å². The molecule has 0 aliphatic carbocycles. The third kappa shape index (κ3) is 5.04. The first kappa shape index (κ1) is 22.3. The molecule has 0 aromatic heterocycles. The third-order valence-corrected chi connectivity index (χ3v) is 5.27. The van der Waals surface area contributed by atoms with E-state index in [2.05, 4.69) is 0 Å². The maximum Gasteiger partial charge on any atom is 0.309 e. The molecule has 31 heavy (non-hydrogen) atoms. The van der Waals surface area contributed by atoms with Gasteiger partial charge in [-0.3, -0.25) is 24.5 Å². The maximum atomic E-state index is 12.9. The molecule has 2 amide bonds. The van der Waals surface area contributed by atoms with E-state index >= 15 is 0 Å². The number of esters is 1. The van der Waals surface area contributed by atoms with Gasteiger partial charge in [0.25, 0.3) is 11.6 Å². The molecule has 1 aromatic rings. The van der Waals surface area contributed by atoms with Crippen molar-refractivity contribution in [3.63, 3.8) is 0 Å². The average molecular weight is 435 g/mol. The van der Waals surface area contributed by atoms with Crippen molar-refractivity contribution in [3.8, 4) is 11.5 Å². The van der Waals surface area contributed by atoms with Crippen LogP contribution in [0.2, 0.25) is 0 Å². The quantitative estimate of drug-likeness (QED) is 0.371. The van der Waals surface area contributed by atoms with Gasteiger partial charge in [-0.1, -0.05) is 0 Å². The summed E-state index contributed by atoms with van der Waals surface area (Å²) >= 11 is 0. The summed E-state index contributed by atoms with van der Waals surface area (Å²) in [6.45, 7) is 3.12. The van der Waals surface area contributed by atoms with Crippen LogP contribution in [0.4, 0.5) is 5.69 Å². The molecule has 1 aromatic carbocycles. The maximum absolute atomic E-state index is 12.9. The van der Waals surface area contributed by atoms with E-state index in [1.807, 2.05) is 0 Å². The van der Waals surface area contributed by atoms with E-state index in [4.69, 9.17) is 14.2 Å². The Hall–Kier alpha value is -3.37. The van der Waals surface area contributed by atoms with E-state index in [0.29, 0.717) is 32.5 Å². The Labute approximate surface area is 179 Å². The highest BCUT2D eigenvalue weighted by Gasteiger charge is 2.31. The molecule has 1 saturated heterocycles. The molecule has 1 fully saturated rings. The second-order valence-electron chi connectivity index (χ2n) is 7.34. The van der Waals surface area contributed by atoms with Gasteiger partial charge in [0, 0.05) is 26.2 Å². The Morgan fingerprint density at radius 2 is 1.81 bits per heavy atom. The molecular formula is C20H25N3O8. The second-order valence-corrected chi connectivity index (χ2v) is 7.34. The standard InChI is InChI=1S/C20H25N3O8/c1-3-29-20(26)13-4-6-22(7-5-13)18(24)12-21(2)19(25)14-10-16-17(31-9-8-30-16)11-15(14)23(27)28/h10-11,13H,3-9,12H2,1-2H3. The van der Waals surface area contributed by atoms with Gasteiger partial charge in [-0.2, -0.15) is 0 Å². The van der Waals surface area contributed by atoms with Crippen molar-refractivity contribution in [3.05, 3.63) is 27.8 Å². The lowest BCUT2D eigenvalue weighted by atomic mass is 9.97. The molecule has 2 aliphatic rings. The van der Waals surface area contributed by atoms with Gasteiger partial charge >= 0.3 is 5.97 Å². The normalized spacial score (nSPS) is 15.9. The fourth-order valence-electron chi connectivity index (χ4n) is 3.61. The van der Waals surface area contributed by atoms with Crippen LogP contribution in [0.25, 0.3) is 0 Å². The van der Waals surface area contributed by atoms with E-state index in [0.717, 1.165) is 11.0 Å². The number of amides is 2. The van der Waals surface area contributed by atoms with Gasteiger partial charge < -0.3 is 24.0 Å². The van der Waals surface area contributed by atoms with Gasteiger partial charge in [-0.05, 0) is 19.8 Å². The summed E-state index contributed by atoms with van der Waals surface area (Å²) in [4.78, 5) is 50.9. The number of benzene rings is 1. The Morgan fingerprint density at radius 3 is 2.39 bits per heavy atom. The molecule has 11 nitrogen and oxygen atoms in total. The fourth-order valence-corrected chi connectivity index (χ4v) is 3.61. The summed E-state index contributed by atoms with van der Waals surface area (Å²) in [7, 11) is 1.41. The zero-order chi connectivity index (χ0) is 22.5. The predicted molar refractivity (Wildman–Crippen MR) is 107 cm³/mol. The lowest BCUT2D eigenvalue weighted by Crippen LogP contribution is -2.45. The molecule has 3 rings (SSSR count). The van der Waals surface area contributed by atoms with Crippen molar-refractivity contribution in [2.75, 3.05) is 46.5 Å². The van der Waals surface area contributed by atoms with Crippen LogP contribution in [-0.2, 0) is 14.3 Å². The van der Waals surface area contributed by atoms with Gasteiger partial charge in [0.1, 0.15) is 18.8 Å². The Balaban J connectivity index is 1.65. The van der Waals surface area contributed by atoms with Crippen LogP contribution in [0.5, 0.6) is 11.5 Å². The zero-order valence-corrected chi connectivity index (χ0v) is 17.5. The smallest absolute Gasteiger partial charge is 0.309 e. The lowest BCUT2D eigenvalue weighted by Gasteiger charge is -2.32. The summed E-state index contributed by atoms with van der Waals surface area (Å²) in [5.74, 6) is -0.994. The Kier molecular flexibility index (Phi) is 6.93. The summed E-state index contributed by atoms with van der Waals surface area (Å²) < 4.78 is 15.8. The second kappa shape index (κ2) is 9.63. The van der Waals surface area contributed by atoms with Crippen molar-refractivity contribution in [1.29, 1.82) is 0 Å². The summed E-state index contributed by atoms with van der Waals surface area (Å²) in [5.41, 5.74) is -0.589. The average Bonchev–Trinajstić information content (AvgIpc) is 2.77. The lowest BCUT2D eigenvalue weighted by molar-refractivity contribution is -0.385. The van der Waals surface area contributed by atoms with Crippen LogP contribution < -0.4 is 9.47 Å². The van der Waals surface area contributed by atoms with E-state index in [1.165, 1.54) is 13.1 Å². The summed E-state index contributed by atoms with van der Waals surface area (Å²) in [6, 6.07) is 2.44. The van der Waals surface area contributed by atoms with Crippen LogP contribution in [-0.4, -0.2) is 79.0 Å². The van der Waals surface area contributed by atoms with E-state index < -0.39 is 16.5 Å². The first-order valence-electron chi connectivity index (χ1n) is 10.1. The van der Waals surface area contributed by atoms with Crippen molar-refractivity contribution in [2.24, 2.45) is 5.92 Å². The highest BCUT2D eigenvalue weighted by Crippen LogP contribution is 2.37. The molecule has 0 spiro atoms. The number of likely N-dealkylation sites (tertiary alicyclic amines) is 1. The van der Waals surface area contributed by atoms with Gasteiger partial charge in [0.15, 0.2) is 11.5 Å². The number of hydrogen-bond donors (Lipinski definition) is 0. The topological polar surface area (TPSA) is 129 Å². The van der Waals surface area contributed by atoms with Gasteiger partial charge in [-0.25, -0.2) is 0 Å². The molecule has 0 radical (unpaired) electrons. The number of carbonyl (C=O) groups excluding carboxylic acids is 3. The first-order chi connectivity index (χ1) is 14.8. The van der Waals surface area contributed by atoms with Crippen LogP contribution in [0.3, 0.4) is 0 Å². The minimum absolute atomic E-state index is 0.175. The van der Waals surface area contributed by atoms with Crippen LogP contribution >= 0.6 is 0 Å². The minimum atomic E-state index is -0.668. The van der Waals surface area contributed by atoms with Crippen molar-refractivity contribution >= 4 is 23.5 Å². The third-order valence-electron chi connectivity index (χ3n) is 5.27. The molecule has 0 saturated carbocycles. The molecule has 11 heteroatoms. The number of likely N-dealkylation sites (N-methyl/N-ethyl adjacent to an activating group) is 1. The molecule has 0 atom stereocenters. The van der Waals surface area contributed by atoms with Crippen LogP contribution in [0.1, 0.15) is 30.1 Å². The zero-order valence-electron chi connectivity index (χ0n) is 17.5. The number of nitro groups is 1.